The average Bonchev–Trinajstić information content (AvgIpc) is 2.95. The molecule has 0 spiro atoms. The molecule has 0 atom stereocenters. The quantitative estimate of drug-likeness (QED) is 0.169. The zero-order chi connectivity index (χ0) is 26.3. The highest BCUT2D eigenvalue weighted by Gasteiger charge is 2.43. The number of benzene rings is 5. The fourth-order valence-corrected chi connectivity index (χ4v) is 7.69. The van der Waals surface area contributed by atoms with E-state index in [-0.39, 0.29) is 10.6 Å². The van der Waals surface area contributed by atoms with Crippen molar-refractivity contribution in [3.05, 3.63) is 146 Å². The van der Waals surface area contributed by atoms with Crippen LogP contribution in [0, 0.1) is 0 Å². The minimum atomic E-state index is -4.19. The Hall–Kier alpha value is -4.24. The van der Waals surface area contributed by atoms with Crippen LogP contribution in [0.2, 0.25) is 0 Å². The maximum atomic E-state index is 14.6. The Morgan fingerprint density at radius 3 is 0.763 bits per heavy atom. The lowest BCUT2D eigenvalue weighted by Crippen LogP contribution is -2.32. The van der Waals surface area contributed by atoms with Crippen molar-refractivity contribution in [1.29, 1.82) is 0 Å². The monoisotopic (exact) mass is 542 g/mol. The van der Waals surface area contributed by atoms with E-state index in [9.17, 15) is 9.13 Å². The highest BCUT2D eigenvalue weighted by molar-refractivity contribution is 7.69. The summed E-state index contributed by atoms with van der Waals surface area (Å²) in [5.41, 5.74) is 0. The molecule has 0 aliphatic carbocycles. The summed E-state index contributed by atoms with van der Waals surface area (Å²) in [5, 5.41) is 0.116. The summed E-state index contributed by atoms with van der Waals surface area (Å²) < 4.78 is 53.4. The first-order valence-electron chi connectivity index (χ1n) is 11.8. The molecule has 38 heavy (non-hydrogen) atoms. The fraction of sp³-hybridized carbons (Fsp3) is 0. The molecule has 0 amide bonds. The van der Waals surface area contributed by atoms with Gasteiger partial charge in [-0.25, -0.2) is 9.13 Å². The molecule has 0 N–H and O–H groups in total. The Kier molecular flexibility index (Phi) is 7.65. The summed E-state index contributed by atoms with van der Waals surface area (Å²) >= 11 is 0. The van der Waals surface area contributed by atoms with Gasteiger partial charge in [-0.1, -0.05) is 84.9 Å². The molecule has 190 valence electrons. The van der Waals surface area contributed by atoms with Crippen molar-refractivity contribution in [2.24, 2.45) is 0 Å². The molecule has 0 heterocycles. The molecule has 5 rings (SSSR count). The van der Waals surface area contributed by atoms with Crippen LogP contribution in [0.15, 0.2) is 146 Å². The van der Waals surface area contributed by atoms with E-state index in [1.165, 1.54) is 0 Å². The minimum absolute atomic E-state index is 0.0582. The summed E-state index contributed by atoms with van der Waals surface area (Å²) in [5.74, 6) is 1.29. The van der Waals surface area contributed by atoms with Gasteiger partial charge >= 0.3 is 15.2 Å². The highest BCUT2D eigenvalue weighted by Crippen LogP contribution is 2.53. The molecule has 0 aromatic heterocycles. The van der Waals surface area contributed by atoms with Gasteiger partial charge in [0.15, 0.2) is 0 Å². The van der Waals surface area contributed by atoms with Crippen molar-refractivity contribution < 1.29 is 27.2 Å². The molecule has 0 bridgehead atoms. The van der Waals surface area contributed by atoms with Crippen molar-refractivity contribution in [2.75, 3.05) is 0 Å². The molecule has 0 saturated carbocycles. The first kappa shape index (κ1) is 25.4. The van der Waals surface area contributed by atoms with Gasteiger partial charge < -0.3 is 18.1 Å². The van der Waals surface area contributed by atoms with Gasteiger partial charge in [0.2, 0.25) is 0 Å². The average molecular weight is 542 g/mol. The van der Waals surface area contributed by atoms with E-state index in [2.05, 4.69) is 0 Å². The summed E-state index contributed by atoms with van der Waals surface area (Å²) in [6.07, 6.45) is 0. The largest absolute Gasteiger partial charge is 0.463 e. The predicted octanol–water partition coefficient (Wildman–Crippen LogP) is 7.64. The second-order valence-electron chi connectivity index (χ2n) is 8.10. The molecule has 0 fully saturated rings. The molecule has 0 aliphatic rings. The topological polar surface area (TPSA) is 71.1 Å². The van der Waals surface area contributed by atoms with E-state index in [1.807, 2.05) is 24.3 Å². The van der Waals surface area contributed by atoms with E-state index in [0.29, 0.717) is 23.0 Å². The zero-order valence-corrected chi connectivity index (χ0v) is 22.0. The van der Waals surface area contributed by atoms with Crippen LogP contribution >= 0.6 is 15.2 Å². The van der Waals surface area contributed by atoms with Crippen molar-refractivity contribution >= 4 is 25.8 Å². The van der Waals surface area contributed by atoms with Gasteiger partial charge in [0, 0.05) is 0 Å². The van der Waals surface area contributed by atoms with Crippen molar-refractivity contribution in [1.82, 2.24) is 0 Å². The van der Waals surface area contributed by atoms with E-state index in [4.69, 9.17) is 18.1 Å². The smallest absolute Gasteiger partial charge is 0.413 e. The summed E-state index contributed by atoms with van der Waals surface area (Å²) in [4.78, 5) is 0. The lowest BCUT2D eigenvalue weighted by molar-refractivity contribution is 0.394. The van der Waals surface area contributed by atoms with Crippen LogP contribution in [0.25, 0.3) is 0 Å². The third-order valence-corrected chi connectivity index (χ3v) is 9.29. The van der Waals surface area contributed by atoms with Crippen LogP contribution in [0.5, 0.6) is 23.0 Å². The number of hydrogen-bond acceptors (Lipinski definition) is 6. The maximum absolute atomic E-state index is 14.6. The lowest BCUT2D eigenvalue weighted by Gasteiger charge is -2.26. The van der Waals surface area contributed by atoms with Gasteiger partial charge in [-0.3, -0.25) is 0 Å². The maximum Gasteiger partial charge on any atom is 0.463 e. The van der Waals surface area contributed by atoms with Crippen LogP contribution in [0.3, 0.4) is 0 Å². The van der Waals surface area contributed by atoms with Gasteiger partial charge in [-0.05, 0) is 60.7 Å². The number of para-hydroxylation sites is 4. The third-order valence-electron chi connectivity index (χ3n) is 5.35. The first-order chi connectivity index (χ1) is 18.5. The highest BCUT2D eigenvalue weighted by atomic mass is 31.2. The summed E-state index contributed by atoms with van der Waals surface area (Å²) in [6, 6.07) is 41.2. The Balaban J connectivity index is 1.65. The Labute approximate surface area is 221 Å². The molecule has 8 heteroatoms. The van der Waals surface area contributed by atoms with E-state index in [1.54, 1.807) is 121 Å². The van der Waals surface area contributed by atoms with Crippen LogP contribution < -0.4 is 28.7 Å². The van der Waals surface area contributed by atoms with Crippen LogP contribution in [-0.4, -0.2) is 0 Å². The van der Waals surface area contributed by atoms with Crippen molar-refractivity contribution in [2.45, 2.75) is 0 Å². The number of rotatable bonds is 10. The minimum Gasteiger partial charge on any atom is -0.413 e. The molecular weight excluding hydrogens is 518 g/mol. The van der Waals surface area contributed by atoms with Crippen LogP contribution in [-0.2, 0) is 9.13 Å². The van der Waals surface area contributed by atoms with Gasteiger partial charge in [0.05, 0.1) is 0 Å². The Morgan fingerprint density at radius 1 is 0.316 bits per heavy atom. The van der Waals surface area contributed by atoms with Crippen LogP contribution in [0.1, 0.15) is 0 Å². The molecule has 0 unspecified atom stereocenters. The molecule has 0 aliphatic heterocycles. The Morgan fingerprint density at radius 2 is 0.526 bits per heavy atom. The molecule has 6 nitrogen and oxygen atoms in total. The molecule has 0 radical (unpaired) electrons. The molecule has 0 saturated heterocycles. The van der Waals surface area contributed by atoms with Gasteiger partial charge in [0.25, 0.3) is 0 Å². The van der Waals surface area contributed by atoms with E-state index >= 15 is 0 Å². The molecule has 5 aromatic rings. The molecular formula is C30H24O6P2. The SMILES string of the molecule is O=P(Oc1ccccc1)(Oc1ccccc1)c1ccccc1P(=O)(Oc1ccccc1)Oc1ccccc1. The van der Waals surface area contributed by atoms with Gasteiger partial charge in [-0.15, -0.1) is 0 Å². The zero-order valence-electron chi connectivity index (χ0n) is 20.2. The normalized spacial score (nSPS) is 11.4. The second kappa shape index (κ2) is 11.4. The van der Waals surface area contributed by atoms with E-state index in [0.717, 1.165) is 0 Å². The third kappa shape index (κ3) is 6.00. The van der Waals surface area contributed by atoms with E-state index < -0.39 is 15.2 Å². The van der Waals surface area contributed by atoms with Gasteiger partial charge in [0.1, 0.15) is 33.6 Å². The second-order valence-corrected chi connectivity index (χ2v) is 11.8. The first-order valence-corrected chi connectivity index (χ1v) is 14.9. The van der Waals surface area contributed by atoms with Crippen LogP contribution in [0.4, 0.5) is 0 Å². The predicted molar refractivity (Wildman–Crippen MR) is 149 cm³/mol. The lowest BCUT2D eigenvalue weighted by atomic mass is 10.3. The number of hydrogen-bond donors (Lipinski definition) is 0. The Bertz CT molecular complexity index is 1350. The summed E-state index contributed by atoms with van der Waals surface area (Å²) in [6.45, 7) is 0. The standard InChI is InChI=1S/C30H24O6P2/c31-37(33-25-15-5-1-6-16-25,34-26-17-7-2-8-18-26)29-23-13-14-24-30(29)38(32,35-27-19-9-3-10-20-27)36-28-21-11-4-12-22-28/h1-24H. The van der Waals surface area contributed by atoms with Crippen molar-refractivity contribution in [3.63, 3.8) is 0 Å². The fourth-order valence-electron chi connectivity index (χ4n) is 3.64. The molecule has 5 aromatic carbocycles. The van der Waals surface area contributed by atoms with Gasteiger partial charge in [-0.2, -0.15) is 0 Å². The van der Waals surface area contributed by atoms with Crippen molar-refractivity contribution in [3.8, 4) is 23.0 Å². The summed E-state index contributed by atoms with van der Waals surface area (Å²) in [7, 11) is -8.38.